The van der Waals surface area contributed by atoms with E-state index in [1.807, 2.05) is 34.6 Å². The van der Waals surface area contributed by atoms with E-state index in [4.69, 9.17) is 19.4 Å². The molecule has 1 saturated carbocycles. The van der Waals surface area contributed by atoms with Crippen LogP contribution >= 0.6 is 0 Å². The predicted molar refractivity (Wildman–Crippen MR) is 124 cm³/mol. The number of carbonyl (C=O) groups is 1. The number of amides is 1. The molecule has 1 aliphatic heterocycles. The summed E-state index contributed by atoms with van der Waals surface area (Å²) < 4.78 is 18.7. The van der Waals surface area contributed by atoms with Crippen LogP contribution in [0.2, 0.25) is 18.1 Å². The van der Waals surface area contributed by atoms with Gasteiger partial charge >= 0.3 is 6.09 Å². The Labute approximate surface area is 188 Å². The van der Waals surface area contributed by atoms with Crippen molar-refractivity contribution in [2.45, 2.75) is 122 Å². The number of carbonyl (C=O) groups excluding carboxylic acids is 1. The van der Waals surface area contributed by atoms with Crippen LogP contribution in [0.25, 0.3) is 10.4 Å². The van der Waals surface area contributed by atoms with Gasteiger partial charge in [0, 0.05) is 11.0 Å². The van der Waals surface area contributed by atoms with Crippen LogP contribution in [0.1, 0.15) is 74.7 Å². The maximum Gasteiger partial charge on any atom is 0.412 e. The summed E-state index contributed by atoms with van der Waals surface area (Å²) in [6, 6.07) is -0.446. The van der Waals surface area contributed by atoms with E-state index in [1.54, 1.807) is 4.90 Å². The van der Waals surface area contributed by atoms with Crippen LogP contribution in [0.4, 0.5) is 4.79 Å². The van der Waals surface area contributed by atoms with Gasteiger partial charge in [-0.3, -0.25) is 4.90 Å². The topological polar surface area (TPSA) is 96.8 Å². The lowest BCUT2D eigenvalue weighted by Crippen LogP contribution is -2.57. The van der Waals surface area contributed by atoms with Gasteiger partial charge in [0.05, 0.1) is 18.8 Å². The highest BCUT2D eigenvalue weighted by atomic mass is 28.4. The van der Waals surface area contributed by atoms with Gasteiger partial charge in [0.25, 0.3) is 0 Å². The normalized spacial score (nSPS) is 23.8. The first kappa shape index (κ1) is 26.0. The Morgan fingerprint density at radius 2 is 1.84 bits per heavy atom. The van der Waals surface area contributed by atoms with Crippen LogP contribution in [0, 0.1) is 5.92 Å². The Kier molecular flexibility index (Phi) is 7.48. The van der Waals surface area contributed by atoms with Crippen molar-refractivity contribution in [2.75, 3.05) is 6.61 Å². The SMILES string of the molecule is CC(C)(C)OC(=O)N1[C@@H]([C@@H](CC(N=[N+]=[N-])C2CC2)O[Si](C)(C)C(C)(C)C)COC1(C)C. The molecule has 8 nitrogen and oxygen atoms in total. The number of ether oxygens (including phenoxy) is 2. The molecule has 1 unspecified atom stereocenters. The van der Waals surface area contributed by atoms with Crippen molar-refractivity contribution in [3.8, 4) is 0 Å². The summed E-state index contributed by atoms with van der Waals surface area (Å²) in [6.45, 7) is 20.7. The zero-order valence-corrected chi connectivity index (χ0v) is 22.1. The zero-order valence-electron chi connectivity index (χ0n) is 21.1. The van der Waals surface area contributed by atoms with E-state index < -0.39 is 25.7 Å². The second-order valence-corrected chi connectivity index (χ2v) is 16.7. The second kappa shape index (κ2) is 8.93. The number of hydrogen-bond acceptors (Lipinski definition) is 5. The fraction of sp³-hybridized carbons (Fsp3) is 0.955. The Balaban J connectivity index is 2.39. The van der Waals surface area contributed by atoms with E-state index in [0.717, 1.165) is 12.8 Å². The first-order valence-electron chi connectivity index (χ1n) is 11.4. The largest absolute Gasteiger partial charge is 0.444 e. The van der Waals surface area contributed by atoms with Crippen molar-refractivity contribution < 1.29 is 18.7 Å². The number of nitrogens with zero attached hydrogens (tertiary/aromatic N) is 4. The molecule has 0 aromatic carbocycles. The molecule has 0 radical (unpaired) electrons. The van der Waals surface area contributed by atoms with E-state index in [-0.39, 0.29) is 23.2 Å². The Morgan fingerprint density at radius 3 is 2.29 bits per heavy atom. The second-order valence-electron chi connectivity index (χ2n) is 11.9. The predicted octanol–water partition coefficient (Wildman–Crippen LogP) is 6.23. The van der Waals surface area contributed by atoms with Gasteiger partial charge in [0.15, 0.2) is 8.32 Å². The smallest absolute Gasteiger partial charge is 0.412 e. The number of azide groups is 1. The van der Waals surface area contributed by atoms with Gasteiger partial charge < -0.3 is 13.9 Å². The molecule has 0 spiro atoms. The molecule has 0 bridgehead atoms. The average molecular weight is 455 g/mol. The fourth-order valence-corrected chi connectivity index (χ4v) is 5.09. The summed E-state index contributed by atoms with van der Waals surface area (Å²) in [6.07, 6.45) is 2.00. The average Bonchev–Trinajstić information content (AvgIpc) is 3.34. The van der Waals surface area contributed by atoms with Crippen molar-refractivity contribution in [3.05, 3.63) is 10.4 Å². The van der Waals surface area contributed by atoms with Crippen LogP contribution < -0.4 is 0 Å². The molecule has 31 heavy (non-hydrogen) atoms. The van der Waals surface area contributed by atoms with E-state index in [0.29, 0.717) is 18.9 Å². The standard InChI is InChI=1S/C22H42N4O4Si/c1-20(2,3)29-19(27)26-17(14-28-22(26,7)8)18(30-31(9,10)21(4,5)6)13-16(24-25-23)15-11-12-15/h15-18H,11-14H2,1-10H3/t16?,17-,18-/m1/s1. The maximum atomic E-state index is 13.2. The van der Waals surface area contributed by atoms with Crippen molar-refractivity contribution in [3.63, 3.8) is 0 Å². The molecule has 1 saturated heterocycles. The lowest BCUT2D eigenvalue weighted by atomic mass is 9.99. The lowest BCUT2D eigenvalue weighted by molar-refractivity contribution is -0.0677. The number of rotatable bonds is 7. The molecule has 9 heteroatoms. The van der Waals surface area contributed by atoms with Crippen LogP contribution in [-0.2, 0) is 13.9 Å². The highest BCUT2D eigenvalue weighted by Gasteiger charge is 2.52. The van der Waals surface area contributed by atoms with Crippen molar-refractivity contribution in [1.82, 2.24) is 4.90 Å². The first-order chi connectivity index (χ1) is 14.0. The summed E-state index contributed by atoms with van der Waals surface area (Å²) in [7, 11) is -2.17. The molecular weight excluding hydrogens is 412 g/mol. The van der Waals surface area contributed by atoms with Gasteiger partial charge in [0.2, 0.25) is 0 Å². The van der Waals surface area contributed by atoms with Crippen LogP contribution in [0.3, 0.4) is 0 Å². The van der Waals surface area contributed by atoms with Gasteiger partial charge in [-0.05, 0) is 83.5 Å². The maximum absolute atomic E-state index is 13.2. The summed E-state index contributed by atoms with van der Waals surface area (Å²) in [5.74, 6) is 0.395. The summed E-state index contributed by atoms with van der Waals surface area (Å²) in [5.41, 5.74) is 7.70. The molecule has 1 aliphatic carbocycles. The number of hydrogen-bond donors (Lipinski definition) is 0. The third-order valence-corrected chi connectivity index (χ3v) is 11.1. The fourth-order valence-electron chi connectivity index (χ4n) is 3.73. The van der Waals surface area contributed by atoms with Crippen LogP contribution in [-0.4, -0.2) is 55.4 Å². The van der Waals surface area contributed by atoms with Gasteiger partial charge in [0.1, 0.15) is 11.3 Å². The Hall–Kier alpha value is -1.28. The third-order valence-electron chi connectivity index (χ3n) is 6.63. The van der Waals surface area contributed by atoms with E-state index in [9.17, 15) is 4.79 Å². The molecule has 0 aromatic heterocycles. The van der Waals surface area contributed by atoms with E-state index in [2.05, 4.69) is 43.9 Å². The van der Waals surface area contributed by atoms with E-state index in [1.165, 1.54) is 0 Å². The van der Waals surface area contributed by atoms with Gasteiger partial charge in [-0.25, -0.2) is 4.79 Å². The van der Waals surface area contributed by atoms with E-state index >= 15 is 0 Å². The van der Waals surface area contributed by atoms with Gasteiger partial charge in [-0.2, -0.15) is 0 Å². The minimum Gasteiger partial charge on any atom is -0.444 e. The molecule has 0 aromatic rings. The van der Waals surface area contributed by atoms with Crippen molar-refractivity contribution >= 4 is 14.4 Å². The molecule has 1 heterocycles. The summed E-state index contributed by atoms with van der Waals surface area (Å²) >= 11 is 0. The highest BCUT2D eigenvalue weighted by Crippen LogP contribution is 2.43. The van der Waals surface area contributed by atoms with Crippen molar-refractivity contribution in [1.29, 1.82) is 0 Å². The highest BCUT2D eigenvalue weighted by molar-refractivity contribution is 6.74. The lowest BCUT2D eigenvalue weighted by Gasteiger charge is -2.44. The van der Waals surface area contributed by atoms with Gasteiger partial charge in [-0.1, -0.05) is 25.9 Å². The Bertz CT molecular complexity index is 703. The molecular formula is C22H42N4O4Si. The summed E-state index contributed by atoms with van der Waals surface area (Å²) in [4.78, 5) is 18.0. The molecule has 3 atom stereocenters. The van der Waals surface area contributed by atoms with Crippen molar-refractivity contribution in [2.24, 2.45) is 11.0 Å². The summed E-state index contributed by atoms with van der Waals surface area (Å²) in [5, 5.41) is 4.10. The molecule has 2 fully saturated rings. The molecule has 2 rings (SSSR count). The minimum atomic E-state index is -2.17. The minimum absolute atomic E-state index is 0.00452. The molecule has 2 aliphatic rings. The molecule has 178 valence electrons. The first-order valence-corrected chi connectivity index (χ1v) is 14.3. The zero-order chi connectivity index (χ0) is 23.8. The Morgan fingerprint density at radius 1 is 1.26 bits per heavy atom. The molecule has 0 N–H and O–H groups in total. The van der Waals surface area contributed by atoms with Gasteiger partial charge in [-0.15, -0.1) is 0 Å². The monoisotopic (exact) mass is 454 g/mol. The quantitative estimate of drug-likeness (QED) is 0.197. The van der Waals surface area contributed by atoms with Crippen LogP contribution in [0.15, 0.2) is 5.11 Å². The van der Waals surface area contributed by atoms with Crippen LogP contribution in [0.5, 0.6) is 0 Å². The third kappa shape index (κ3) is 6.60. The molecule has 1 amide bonds.